The van der Waals surface area contributed by atoms with Gasteiger partial charge in [-0.25, -0.2) is 5.01 Å². The number of nitrogens with one attached hydrogen (secondary N) is 4. The molecule has 2 saturated heterocycles. The Balaban J connectivity index is 0.983. The van der Waals surface area contributed by atoms with E-state index >= 15 is 4.39 Å². The van der Waals surface area contributed by atoms with Gasteiger partial charge in [-0.05, 0) is 147 Å². The number of carbonyl (C=O) groups is 2. The van der Waals surface area contributed by atoms with Crippen molar-refractivity contribution in [3.8, 4) is 0 Å². The summed E-state index contributed by atoms with van der Waals surface area (Å²) in [4.78, 5) is 28.3. The third-order valence-electron chi connectivity index (χ3n) is 17.5. The summed E-state index contributed by atoms with van der Waals surface area (Å²) >= 11 is 0. The van der Waals surface area contributed by atoms with Gasteiger partial charge in [-0.1, -0.05) is 74.4 Å². The van der Waals surface area contributed by atoms with Crippen LogP contribution in [0.25, 0.3) is 0 Å². The quantitative estimate of drug-likeness (QED) is 0.192. The van der Waals surface area contributed by atoms with Crippen LogP contribution < -0.4 is 21.4 Å². The van der Waals surface area contributed by atoms with Crippen LogP contribution in [0.5, 0.6) is 0 Å². The first-order chi connectivity index (χ1) is 27.1. The van der Waals surface area contributed by atoms with Gasteiger partial charge in [-0.15, -0.1) is 0 Å². The van der Waals surface area contributed by atoms with Gasteiger partial charge in [-0.2, -0.15) is 0 Å². The second kappa shape index (κ2) is 13.9. The van der Waals surface area contributed by atoms with Crippen LogP contribution in [0.3, 0.4) is 0 Å². The zero-order valence-corrected chi connectivity index (χ0v) is 33.9. The van der Waals surface area contributed by atoms with Crippen molar-refractivity contribution in [1.29, 1.82) is 0 Å². The number of benzene rings is 2. The number of hydrogen-bond acceptors (Lipinski definition) is 5. The fraction of sp³-hybridized carbons (Fsp3) is 0.708. The molecule has 8 heteroatoms. The number of carbonyl (C=O) groups excluding carboxylic acids is 2. The van der Waals surface area contributed by atoms with Crippen LogP contribution >= 0.6 is 0 Å². The first-order valence-corrected chi connectivity index (χ1v) is 22.6. The van der Waals surface area contributed by atoms with E-state index in [2.05, 4.69) is 87.9 Å². The summed E-state index contributed by atoms with van der Waals surface area (Å²) in [5.74, 6) is 1.42. The summed E-state index contributed by atoms with van der Waals surface area (Å²) in [7, 11) is 0. The summed E-state index contributed by atoms with van der Waals surface area (Å²) < 4.78 is 15.4. The minimum absolute atomic E-state index is 0.0923. The van der Waals surface area contributed by atoms with E-state index in [0.29, 0.717) is 30.7 Å². The van der Waals surface area contributed by atoms with Crippen molar-refractivity contribution in [1.82, 2.24) is 26.4 Å². The van der Waals surface area contributed by atoms with Crippen molar-refractivity contribution in [2.24, 2.45) is 28.1 Å². The molecule has 7 aliphatic carbocycles. The molecule has 302 valence electrons. The SMILES string of the molecule is CC[C@@]12CCC[C@@](c3ccccc3)(CC(CCC(=O)NC3CC4CNC3C4)(c3ccc([C@]45CC6CC(C(=O)NN7CCNCC7)(C[C@](CF)(C6)C4)C5)cc3)C1)C2. The maximum absolute atomic E-state index is 15.4. The van der Waals surface area contributed by atoms with E-state index in [4.69, 9.17) is 0 Å². The number of nitrogens with zero attached hydrogens (tertiary/aromatic N) is 1. The molecule has 6 unspecified atom stereocenters. The Bertz CT molecular complexity index is 1800. The molecule has 7 nitrogen and oxygen atoms in total. The molecular formula is C48H66FN5O2. The van der Waals surface area contributed by atoms with Crippen LogP contribution in [-0.2, 0) is 25.8 Å². The number of piperazine rings is 1. The van der Waals surface area contributed by atoms with Gasteiger partial charge in [-0.3, -0.25) is 19.4 Å². The Kier molecular flexibility index (Phi) is 9.30. The molecule has 7 saturated carbocycles. The van der Waals surface area contributed by atoms with Crippen molar-refractivity contribution >= 4 is 11.8 Å². The Hall–Kier alpha value is -2.81. The van der Waals surface area contributed by atoms with Gasteiger partial charge >= 0.3 is 0 Å². The van der Waals surface area contributed by atoms with Crippen LogP contribution in [0.15, 0.2) is 54.6 Å². The summed E-state index contributed by atoms with van der Waals surface area (Å²) in [6.07, 6.45) is 17.2. The first kappa shape index (κ1) is 37.5. The molecule has 0 radical (unpaired) electrons. The number of rotatable bonds is 11. The van der Waals surface area contributed by atoms with Crippen molar-refractivity contribution in [2.45, 2.75) is 144 Å². The maximum atomic E-state index is 15.4. The minimum atomic E-state index is -0.519. The molecule has 8 bridgehead atoms. The molecule has 10 atom stereocenters. The van der Waals surface area contributed by atoms with Crippen LogP contribution in [0, 0.1) is 28.1 Å². The molecule has 0 aromatic heterocycles. The molecule has 9 fully saturated rings. The summed E-state index contributed by atoms with van der Waals surface area (Å²) in [5, 5.41) is 12.6. The second-order valence-electron chi connectivity index (χ2n) is 21.1. The lowest BCUT2D eigenvalue weighted by atomic mass is 9.38. The second-order valence-corrected chi connectivity index (χ2v) is 21.1. The van der Waals surface area contributed by atoms with Gasteiger partial charge in [0.2, 0.25) is 11.8 Å². The molecule has 2 aliphatic heterocycles. The number of fused-ring (bicyclic) bond motifs is 4. The Morgan fingerprint density at radius 2 is 1.57 bits per heavy atom. The number of amides is 2. The molecule has 2 amide bonds. The van der Waals surface area contributed by atoms with Gasteiger partial charge < -0.3 is 16.0 Å². The monoisotopic (exact) mass is 764 g/mol. The third-order valence-corrected chi connectivity index (χ3v) is 17.5. The molecule has 2 aromatic carbocycles. The molecule has 4 N–H and O–H groups in total. The summed E-state index contributed by atoms with van der Waals surface area (Å²) in [6, 6.07) is 21.7. The third kappa shape index (κ3) is 6.29. The fourth-order valence-corrected chi connectivity index (χ4v) is 15.7. The van der Waals surface area contributed by atoms with Crippen LogP contribution in [0.1, 0.15) is 133 Å². The standard InChI is InChI=1S/C48H66FN5O2/c1-2-43-14-6-15-45(27-43,36-7-4-3-5-8-36)31-46(28-43,16-13-41(55)52-40-22-34-21-39(40)51-26-34)37-9-11-38(12-10-37)47-24-35-23-44(29-47,33-49)30-48(25-35,32-47)42(56)53-54-19-17-50-18-20-54/h3-5,7-12,34-35,39-40,50-51H,2,6,13-33H2,1H3,(H,52,55)(H,53,56)/t34?,35?,39?,40?,43-,44-,45-,46?,47+,48?/m0/s1. The van der Waals surface area contributed by atoms with Crippen LogP contribution in [0.2, 0.25) is 0 Å². The highest BCUT2D eigenvalue weighted by atomic mass is 19.1. The van der Waals surface area contributed by atoms with Gasteiger partial charge in [0, 0.05) is 50.1 Å². The van der Waals surface area contributed by atoms with E-state index < -0.39 is 10.8 Å². The molecule has 2 heterocycles. The predicted octanol–water partition coefficient (Wildman–Crippen LogP) is 7.39. The highest BCUT2D eigenvalue weighted by Gasteiger charge is 2.66. The number of alkyl halides is 1. The van der Waals surface area contributed by atoms with Gasteiger partial charge in [0.25, 0.3) is 0 Å². The number of piperidine rings is 1. The summed E-state index contributed by atoms with van der Waals surface area (Å²) in [6.45, 7) is 6.53. The number of hydrogen-bond donors (Lipinski definition) is 4. The van der Waals surface area contributed by atoms with E-state index in [-0.39, 0.29) is 46.2 Å². The Morgan fingerprint density at radius 3 is 2.30 bits per heavy atom. The van der Waals surface area contributed by atoms with E-state index in [1.807, 2.05) is 0 Å². The normalized spacial score (nSPS) is 42.5. The number of hydrazine groups is 1. The lowest BCUT2D eigenvalue weighted by Gasteiger charge is -2.65. The average molecular weight is 764 g/mol. The first-order valence-electron chi connectivity index (χ1n) is 22.6. The molecule has 56 heavy (non-hydrogen) atoms. The Labute approximate surface area is 334 Å². The van der Waals surface area contributed by atoms with E-state index in [1.165, 1.54) is 55.2 Å². The molecule has 11 rings (SSSR count). The van der Waals surface area contributed by atoms with Crippen molar-refractivity contribution < 1.29 is 14.0 Å². The molecule has 2 aromatic rings. The number of halogens is 1. The molecule has 0 spiro atoms. The lowest BCUT2D eigenvalue weighted by molar-refractivity contribution is -0.169. The largest absolute Gasteiger partial charge is 0.352 e. The van der Waals surface area contributed by atoms with Crippen LogP contribution in [0.4, 0.5) is 4.39 Å². The van der Waals surface area contributed by atoms with E-state index in [0.717, 1.165) is 90.5 Å². The minimum Gasteiger partial charge on any atom is -0.352 e. The average Bonchev–Trinajstić information content (AvgIpc) is 3.84. The van der Waals surface area contributed by atoms with Crippen LogP contribution in [-0.4, -0.2) is 68.3 Å². The van der Waals surface area contributed by atoms with Gasteiger partial charge in [0.15, 0.2) is 0 Å². The zero-order valence-electron chi connectivity index (χ0n) is 33.9. The van der Waals surface area contributed by atoms with E-state index in [1.54, 1.807) is 0 Å². The zero-order chi connectivity index (χ0) is 38.2. The highest BCUT2D eigenvalue weighted by Crippen LogP contribution is 2.71. The molecule has 9 aliphatic rings. The van der Waals surface area contributed by atoms with Crippen molar-refractivity contribution in [3.05, 3.63) is 71.3 Å². The highest BCUT2D eigenvalue weighted by molar-refractivity contribution is 5.83. The lowest BCUT2D eigenvalue weighted by Crippen LogP contribution is -2.65. The summed E-state index contributed by atoms with van der Waals surface area (Å²) in [5.41, 5.74) is 6.58. The Morgan fingerprint density at radius 1 is 0.804 bits per heavy atom. The van der Waals surface area contributed by atoms with Crippen molar-refractivity contribution in [3.63, 3.8) is 0 Å². The van der Waals surface area contributed by atoms with Crippen molar-refractivity contribution in [2.75, 3.05) is 39.4 Å². The topological polar surface area (TPSA) is 85.5 Å². The molecular weight excluding hydrogens is 698 g/mol. The van der Waals surface area contributed by atoms with Gasteiger partial charge in [0.1, 0.15) is 0 Å². The maximum Gasteiger partial charge on any atom is 0.240 e. The predicted molar refractivity (Wildman–Crippen MR) is 219 cm³/mol. The fourth-order valence-electron chi connectivity index (χ4n) is 15.7. The van der Waals surface area contributed by atoms with E-state index in [9.17, 15) is 9.59 Å². The smallest absolute Gasteiger partial charge is 0.240 e. The van der Waals surface area contributed by atoms with Gasteiger partial charge in [0.05, 0.1) is 12.1 Å².